The monoisotopic (exact) mass is 249 g/mol. The molecule has 0 spiro atoms. The molecule has 2 unspecified atom stereocenters. The molecule has 18 heavy (non-hydrogen) atoms. The molecule has 4 heteroatoms. The summed E-state index contributed by atoms with van der Waals surface area (Å²) in [6.45, 7) is 5.57. The molecule has 1 saturated heterocycles. The maximum Gasteiger partial charge on any atom is 0.0446 e. The molecule has 0 aromatic carbocycles. The zero-order valence-electron chi connectivity index (χ0n) is 11.3. The van der Waals surface area contributed by atoms with Crippen molar-refractivity contribution in [3.05, 3.63) is 30.1 Å². The van der Waals surface area contributed by atoms with Gasteiger partial charge >= 0.3 is 0 Å². The Morgan fingerprint density at radius 2 is 2.06 bits per heavy atom. The van der Waals surface area contributed by atoms with Crippen molar-refractivity contribution in [3.63, 3.8) is 0 Å². The molecule has 0 aliphatic carbocycles. The number of hydrogen-bond donors (Lipinski definition) is 1. The lowest BCUT2D eigenvalue weighted by atomic mass is 10.0. The van der Waals surface area contributed by atoms with Crippen LogP contribution in [0.3, 0.4) is 0 Å². The topological polar surface area (TPSA) is 39.6 Å². The van der Waals surface area contributed by atoms with Crippen molar-refractivity contribution >= 4 is 0 Å². The highest BCUT2D eigenvalue weighted by Gasteiger charge is 2.28. The number of aliphatic hydroxyl groups is 1. The van der Waals surface area contributed by atoms with Crippen LogP contribution in [0.25, 0.3) is 0 Å². The normalized spacial score (nSPS) is 26.4. The minimum atomic E-state index is 0.264. The third kappa shape index (κ3) is 3.28. The first-order valence-corrected chi connectivity index (χ1v) is 6.64. The van der Waals surface area contributed by atoms with E-state index in [1.807, 2.05) is 12.4 Å². The number of nitrogens with zero attached hydrogens (tertiary/aromatic N) is 3. The molecule has 0 bridgehead atoms. The van der Waals surface area contributed by atoms with Crippen molar-refractivity contribution in [2.75, 3.05) is 26.7 Å². The zero-order chi connectivity index (χ0) is 13.0. The van der Waals surface area contributed by atoms with Crippen LogP contribution in [-0.2, 0) is 6.54 Å². The average molecular weight is 249 g/mol. The van der Waals surface area contributed by atoms with E-state index in [1.165, 1.54) is 5.56 Å². The predicted molar refractivity (Wildman–Crippen MR) is 72.2 cm³/mol. The van der Waals surface area contributed by atoms with Crippen molar-refractivity contribution in [3.8, 4) is 0 Å². The Morgan fingerprint density at radius 1 is 1.33 bits per heavy atom. The second kappa shape index (κ2) is 6.27. The quantitative estimate of drug-likeness (QED) is 0.863. The second-order valence-electron chi connectivity index (χ2n) is 5.24. The number of rotatable bonds is 4. The highest BCUT2D eigenvalue weighted by molar-refractivity contribution is 5.10. The number of piperazine rings is 1. The van der Waals surface area contributed by atoms with Crippen LogP contribution >= 0.6 is 0 Å². The largest absolute Gasteiger partial charge is 0.396 e. The molecule has 1 N–H and O–H groups in total. The van der Waals surface area contributed by atoms with E-state index in [4.69, 9.17) is 0 Å². The Morgan fingerprint density at radius 3 is 2.72 bits per heavy atom. The van der Waals surface area contributed by atoms with Gasteiger partial charge in [0, 0.05) is 50.7 Å². The van der Waals surface area contributed by atoms with Crippen molar-refractivity contribution < 1.29 is 5.11 Å². The van der Waals surface area contributed by atoms with E-state index in [0.717, 1.165) is 26.1 Å². The molecule has 2 heterocycles. The van der Waals surface area contributed by atoms with Crippen LogP contribution in [0.4, 0.5) is 0 Å². The van der Waals surface area contributed by atoms with Crippen LogP contribution in [0.2, 0.25) is 0 Å². The standard InChI is InChI=1S/C14H23N3O/c1-12-9-17(10-13-3-6-15-7-4-13)14(5-8-18)11-16(12)2/h3-4,6-7,12,14,18H,5,8-11H2,1-2H3. The summed E-state index contributed by atoms with van der Waals surface area (Å²) in [4.78, 5) is 8.91. The summed E-state index contributed by atoms with van der Waals surface area (Å²) in [5.41, 5.74) is 1.30. The molecule has 0 saturated carbocycles. The van der Waals surface area contributed by atoms with Crippen molar-refractivity contribution in [2.24, 2.45) is 0 Å². The third-order valence-corrected chi connectivity index (χ3v) is 3.86. The molecule has 0 amide bonds. The van der Waals surface area contributed by atoms with Gasteiger partial charge in [0.2, 0.25) is 0 Å². The zero-order valence-corrected chi connectivity index (χ0v) is 11.3. The maximum absolute atomic E-state index is 9.20. The summed E-state index contributed by atoms with van der Waals surface area (Å²) in [6, 6.07) is 5.16. The minimum absolute atomic E-state index is 0.264. The van der Waals surface area contributed by atoms with E-state index in [9.17, 15) is 5.11 Å². The molecule has 1 aromatic rings. The summed E-state index contributed by atoms with van der Waals surface area (Å²) < 4.78 is 0. The molecule has 2 rings (SSSR count). The fraction of sp³-hybridized carbons (Fsp3) is 0.643. The van der Waals surface area contributed by atoms with Crippen molar-refractivity contribution in [1.29, 1.82) is 0 Å². The molecular weight excluding hydrogens is 226 g/mol. The summed E-state index contributed by atoms with van der Waals surface area (Å²) in [5, 5.41) is 9.20. The van der Waals surface area contributed by atoms with Gasteiger partial charge in [-0.25, -0.2) is 0 Å². The maximum atomic E-state index is 9.20. The van der Waals surface area contributed by atoms with Gasteiger partial charge < -0.3 is 10.0 Å². The van der Waals surface area contributed by atoms with Crippen LogP contribution < -0.4 is 0 Å². The van der Waals surface area contributed by atoms with Gasteiger partial charge in [0.05, 0.1) is 0 Å². The first kappa shape index (κ1) is 13.5. The molecule has 0 radical (unpaired) electrons. The van der Waals surface area contributed by atoms with Gasteiger partial charge in [-0.2, -0.15) is 0 Å². The van der Waals surface area contributed by atoms with Crippen LogP contribution in [0, 0.1) is 0 Å². The van der Waals surface area contributed by atoms with Gasteiger partial charge in [-0.1, -0.05) is 0 Å². The van der Waals surface area contributed by atoms with Gasteiger partial charge in [-0.3, -0.25) is 9.88 Å². The van der Waals surface area contributed by atoms with Gasteiger partial charge in [-0.15, -0.1) is 0 Å². The number of aliphatic hydroxyl groups excluding tert-OH is 1. The van der Waals surface area contributed by atoms with Crippen LogP contribution in [0.1, 0.15) is 18.9 Å². The lowest BCUT2D eigenvalue weighted by Gasteiger charge is -2.44. The van der Waals surface area contributed by atoms with E-state index >= 15 is 0 Å². The average Bonchev–Trinajstić information content (AvgIpc) is 2.37. The predicted octanol–water partition coefficient (Wildman–Crippen LogP) is 0.968. The molecule has 1 aliphatic rings. The Labute approximate surface area is 109 Å². The van der Waals surface area contributed by atoms with Gasteiger partial charge in [0.1, 0.15) is 0 Å². The third-order valence-electron chi connectivity index (χ3n) is 3.86. The van der Waals surface area contributed by atoms with E-state index in [-0.39, 0.29) is 6.61 Å². The number of aromatic nitrogens is 1. The molecule has 2 atom stereocenters. The Kier molecular flexibility index (Phi) is 4.69. The van der Waals surface area contributed by atoms with E-state index in [1.54, 1.807) is 0 Å². The summed E-state index contributed by atoms with van der Waals surface area (Å²) >= 11 is 0. The highest BCUT2D eigenvalue weighted by atomic mass is 16.3. The van der Waals surface area contributed by atoms with Crippen molar-refractivity contribution in [2.45, 2.75) is 32.0 Å². The molecule has 1 fully saturated rings. The Bertz CT molecular complexity index is 357. The van der Waals surface area contributed by atoms with Crippen LogP contribution in [-0.4, -0.2) is 58.7 Å². The highest BCUT2D eigenvalue weighted by Crippen LogP contribution is 2.18. The molecular formula is C14H23N3O. The van der Waals surface area contributed by atoms with E-state index < -0.39 is 0 Å². The van der Waals surface area contributed by atoms with Crippen LogP contribution in [0.15, 0.2) is 24.5 Å². The number of likely N-dealkylation sites (N-methyl/N-ethyl adjacent to an activating group) is 1. The second-order valence-corrected chi connectivity index (χ2v) is 5.24. The van der Waals surface area contributed by atoms with E-state index in [0.29, 0.717) is 12.1 Å². The fourth-order valence-corrected chi connectivity index (χ4v) is 2.59. The van der Waals surface area contributed by atoms with E-state index in [2.05, 4.69) is 40.9 Å². The lowest BCUT2D eigenvalue weighted by molar-refractivity contribution is 0.0338. The lowest BCUT2D eigenvalue weighted by Crippen LogP contribution is -2.55. The Balaban J connectivity index is 2.03. The minimum Gasteiger partial charge on any atom is -0.396 e. The fourth-order valence-electron chi connectivity index (χ4n) is 2.59. The first-order valence-electron chi connectivity index (χ1n) is 6.64. The first-order chi connectivity index (χ1) is 8.70. The smallest absolute Gasteiger partial charge is 0.0446 e. The SMILES string of the molecule is CC1CN(Cc2ccncc2)C(CCO)CN1C. The summed E-state index contributed by atoms with van der Waals surface area (Å²) in [7, 11) is 2.17. The molecule has 1 aliphatic heterocycles. The Hall–Kier alpha value is -0.970. The number of hydrogen-bond acceptors (Lipinski definition) is 4. The number of pyridine rings is 1. The molecule has 1 aromatic heterocycles. The molecule has 100 valence electrons. The summed E-state index contributed by atoms with van der Waals surface area (Å²) in [5.74, 6) is 0. The van der Waals surface area contributed by atoms with Crippen molar-refractivity contribution in [1.82, 2.24) is 14.8 Å². The van der Waals surface area contributed by atoms with Gasteiger partial charge in [0.15, 0.2) is 0 Å². The van der Waals surface area contributed by atoms with Gasteiger partial charge in [-0.05, 0) is 38.1 Å². The molecule has 4 nitrogen and oxygen atoms in total. The van der Waals surface area contributed by atoms with Crippen LogP contribution in [0.5, 0.6) is 0 Å². The van der Waals surface area contributed by atoms with Gasteiger partial charge in [0.25, 0.3) is 0 Å². The summed E-state index contributed by atoms with van der Waals surface area (Å²) in [6.07, 6.45) is 4.54.